The van der Waals surface area contributed by atoms with Crippen molar-refractivity contribution in [3.63, 3.8) is 0 Å². The number of halogens is 4. The molecular weight excluding hydrogens is 298 g/mol. The number of carbonyl (C=O) groups excluding carboxylic acids is 1. The molecule has 0 unspecified atom stereocenters. The molecule has 0 bridgehead atoms. The lowest BCUT2D eigenvalue weighted by molar-refractivity contribution is -0.275. The van der Waals surface area contributed by atoms with Crippen LogP contribution in [0.3, 0.4) is 0 Å². The number of hydrogen-bond donors (Lipinski definition) is 0. The second-order valence-corrected chi connectivity index (χ2v) is 3.76. The monoisotopic (exact) mass is 311 g/mol. The predicted molar refractivity (Wildman–Crippen MR) is 62.6 cm³/mol. The number of ether oxygens (including phenoxy) is 3. The summed E-state index contributed by atoms with van der Waals surface area (Å²) in [6, 6.07) is 0.799. The quantitative estimate of drug-likeness (QED) is 0.597. The maximum atomic E-state index is 12.8. The van der Waals surface area contributed by atoms with Gasteiger partial charge in [0, 0.05) is 5.56 Å². The smallest absolute Gasteiger partial charge is 0.481 e. The van der Waals surface area contributed by atoms with Crippen molar-refractivity contribution in [3.05, 3.63) is 17.3 Å². The van der Waals surface area contributed by atoms with Crippen molar-refractivity contribution in [2.45, 2.75) is 26.4 Å². The van der Waals surface area contributed by atoms with E-state index in [1.54, 1.807) is 6.92 Å². The highest BCUT2D eigenvalue weighted by atomic mass is 19.4. The van der Waals surface area contributed by atoms with Gasteiger partial charge in [0.15, 0.2) is 5.75 Å². The van der Waals surface area contributed by atoms with Gasteiger partial charge in [-0.15, -0.1) is 13.2 Å². The number of rotatable bonds is 6. The van der Waals surface area contributed by atoms with Crippen molar-refractivity contribution < 1.29 is 36.6 Å². The first-order chi connectivity index (χ1) is 9.80. The van der Waals surface area contributed by atoms with Crippen molar-refractivity contribution in [3.8, 4) is 11.6 Å². The summed E-state index contributed by atoms with van der Waals surface area (Å²) >= 11 is 0. The molecular formula is C12H13F4NO4. The van der Waals surface area contributed by atoms with Crippen LogP contribution in [0.4, 0.5) is 17.6 Å². The van der Waals surface area contributed by atoms with Gasteiger partial charge in [0.05, 0.1) is 25.8 Å². The van der Waals surface area contributed by atoms with E-state index in [1.165, 1.54) is 7.11 Å². The van der Waals surface area contributed by atoms with Gasteiger partial charge in [-0.3, -0.25) is 4.79 Å². The summed E-state index contributed by atoms with van der Waals surface area (Å²) in [5.41, 5.74) is -0.566. The van der Waals surface area contributed by atoms with Gasteiger partial charge >= 0.3 is 12.3 Å². The van der Waals surface area contributed by atoms with E-state index in [2.05, 4.69) is 14.5 Å². The fourth-order valence-corrected chi connectivity index (χ4v) is 1.51. The number of methoxy groups -OCH3 is 1. The van der Waals surface area contributed by atoms with Crippen LogP contribution in [0.2, 0.25) is 0 Å². The molecule has 0 aliphatic rings. The Hall–Kier alpha value is -2.06. The lowest BCUT2D eigenvalue weighted by Crippen LogP contribution is -2.20. The van der Waals surface area contributed by atoms with Crippen LogP contribution in [0.15, 0.2) is 6.07 Å². The van der Waals surface area contributed by atoms with Gasteiger partial charge in [-0.1, -0.05) is 0 Å². The van der Waals surface area contributed by atoms with E-state index in [0.717, 1.165) is 6.07 Å². The van der Waals surface area contributed by atoms with Gasteiger partial charge in [0.25, 0.3) is 0 Å². The first-order valence-corrected chi connectivity index (χ1v) is 5.84. The average molecular weight is 311 g/mol. The van der Waals surface area contributed by atoms with Crippen LogP contribution in [0.25, 0.3) is 0 Å². The summed E-state index contributed by atoms with van der Waals surface area (Å²) in [5.74, 6) is -1.76. The number of nitrogens with zero attached hydrogens (tertiary/aromatic N) is 1. The van der Waals surface area contributed by atoms with E-state index in [4.69, 9.17) is 4.74 Å². The third-order valence-electron chi connectivity index (χ3n) is 2.28. The Kier molecular flexibility index (Phi) is 5.74. The van der Waals surface area contributed by atoms with Gasteiger partial charge in [-0.05, 0) is 13.0 Å². The van der Waals surface area contributed by atoms with E-state index in [-0.39, 0.29) is 23.7 Å². The van der Waals surface area contributed by atoms with Crippen molar-refractivity contribution in [1.82, 2.24) is 4.98 Å². The molecule has 5 nitrogen and oxygen atoms in total. The molecule has 1 aromatic rings. The van der Waals surface area contributed by atoms with Crippen LogP contribution in [0.1, 0.15) is 18.2 Å². The zero-order valence-electron chi connectivity index (χ0n) is 11.3. The van der Waals surface area contributed by atoms with Crippen LogP contribution in [0.5, 0.6) is 11.6 Å². The average Bonchev–Trinajstić information content (AvgIpc) is 2.38. The van der Waals surface area contributed by atoms with Crippen LogP contribution in [-0.2, 0) is 22.6 Å². The summed E-state index contributed by atoms with van der Waals surface area (Å²) in [6.07, 6.45) is -5.55. The number of alkyl halides is 4. The molecule has 0 amide bonds. The largest absolute Gasteiger partial charge is 0.573 e. The first-order valence-electron chi connectivity index (χ1n) is 5.84. The molecule has 0 N–H and O–H groups in total. The lowest BCUT2D eigenvalue weighted by atomic mass is 10.2. The molecule has 0 spiro atoms. The van der Waals surface area contributed by atoms with Crippen LogP contribution >= 0.6 is 0 Å². The molecule has 1 heterocycles. The minimum absolute atomic E-state index is 0.0635. The Morgan fingerprint density at radius 1 is 1.38 bits per heavy atom. The van der Waals surface area contributed by atoms with Crippen LogP contribution < -0.4 is 9.47 Å². The van der Waals surface area contributed by atoms with E-state index >= 15 is 0 Å². The van der Waals surface area contributed by atoms with Crippen LogP contribution in [-0.4, -0.2) is 31.0 Å². The molecule has 0 saturated carbocycles. The maximum Gasteiger partial charge on any atom is 0.573 e. The summed E-state index contributed by atoms with van der Waals surface area (Å²) < 4.78 is 62.9. The van der Waals surface area contributed by atoms with Gasteiger partial charge in [0.2, 0.25) is 5.88 Å². The number of pyridine rings is 1. The lowest BCUT2D eigenvalue weighted by Gasteiger charge is -2.15. The van der Waals surface area contributed by atoms with Gasteiger partial charge in [-0.25, -0.2) is 9.37 Å². The molecule has 0 saturated heterocycles. The Morgan fingerprint density at radius 2 is 2.05 bits per heavy atom. The molecule has 1 aromatic heterocycles. The second-order valence-electron chi connectivity index (χ2n) is 3.76. The minimum Gasteiger partial charge on any atom is -0.481 e. The third kappa shape index (κ3) is 5.09. The molecule has 0 radical (unpaired) electrons. The van der Waals surface area contributed by atoms with Crippen molar-refractivity contribution in [1.29, 1.82) is 0 Å². The third-order valence-corrected chi connectivity index (χ3v) is 2.28. The van der Waals surface area contributed by atoms with Gasteiger partial charge in [-0.2, -0.15) is 0 Å². The Balaban J connectivity index is 3.19. The minimum atomic E-state index is -4.99. The maximum absolute atomic E-state index is 12.8. The number of aromatic nitrogens is 1. The van der Waals surface area contributed by atoms with Gasteiger partial charge < -0.3 is 14.2 Å². The summed E-state index contributed by atoms with van der Waals surface area (Å²) in [4.78, 5) is 15.1. The molecule has 1 rings (SSSR count). The van der Waals surface area contributed by atoms with E-state index in [9.17, 15) is 22.4 Å². The molecule has 0 aliphatic heterocycles. The zero-order chi connectivity index (χ0) is 16.0. The molecule has 9 heteroatoms. The fourth-order valence-electron chi connectivity index (χ4n) is 1.51. The highest BCUT2D eigenvalue weighted by Crippen LogP contribution is 2.31. The number of carbonyl (C=O) groups is 1. The Labute approximate surface area is 117 Å². The topological polar surface area (TPSA) is 57.7 Å². The summed E-state index contributed by atoms with van der Waals surface area (Å²) in [7, 11) is 1.18. The Bertz CT molecular complexity index is 505. The van der Waals surface area contributed by atoms with Crippen molar-refractivity contribution >= 4 is 5.97 Å². The molecule has 0 aromatic carbocycles. The standard InChI is InChI=1S/C12H13F4NO4/c1-3-20-10(18)5-8-9(21-12(14,15)16)4-7(6-13)11(17-8)19-2/h4H,3,5-6H2,1-2H3. The normalized spacial score (nSPS) is 11.1. The molecule has 118 valence electrons. The zero-order valence-corrected chi connectivity index (χ0v) is 11.3. The highest BCUT2D eigenvalue weighted by Gasteiger charge is 2.33. The summed E-state index contributed by atoms with van der Waals surface area (Å²) in [5, 5.41) is 0. The van der Waals surface area contributed by atoms with Crippen molar-refractivity contribution in [2.75, 3.05) is 13.7 Å². The SMILES string of the molecule is CCOC(=O)Cc1nc(OC)c(CF)cc1OC(F)(F)F. The van der Waals surface area contributed by atoms with E-state index < -0.39 is 31.2 Å². The summed E-state index contributed by atoms with van der Waals surface area (Å²) in [6.45, 7) is 0.517. The Morgan fingerprint density at radius 3 is 2.52 bits per heavy atom. The molecule has 0 aliphatic carbocycles. The molecule has 0 atom stereocenters. The van der Waals surface area contributed by atoms with E-state index in [1.807, 2.05) is 0 Å². The molecule has 21 heavy (non-hydrogen) atoms. The number of esters is 1. The number of hydrogen-bond acceptors (Lipinski definition) is 5. The predicted octanol–water partition coefficient (Wildman–Crippen LogP) is 2.56. The molecule has 0 fully saturated rings. The highest BCUT2D eigenvalue weighted by molar-refractivity contribution is 5.73. The second kappa shape index (κ2) is 7.09. The fraction of sp³-hybridized carbons (Fsp3) is 0.500. The first kappa shape index (κ1) is 17.0. The van der Waals surface area contributed by atoms with Crippen molar-refractivity contribution in [2.24, 2.45) is 0 Å². The van der Waals surface area contributed by atoms with Crippen LogP contribution in [0, 0.1) is 0 Å². The van der Waals surface area contributed by atoms with E-state index in [0.29, 0.717) is 0 Å². The van der Waals surface area contributed by atoms with Gasteiger partial charge in [0.1, 0.15) is 6.67 Å².